The van der Waals surface area contributed by atoms with E-state index in [1.165, 1.54) is 0 Å². The molecule has 1 aliphatic heterocycles. The molecule has 72 valence electrons. The summed E-state index contributed by atoms with van der Waals surface area (Å²) in [6.45, 7) is 6.46. The molecule has 0 saturated carbocycles. The van der Waals surface area contributed by atoms with Gasteiger partial charge in [0.05, 0.1) is 12.2 Å². The molecule has 3 nitrogen and oxygen atoms in total. The first-order chi connectivity index (χ1) is 5.65. The normalized spacial score (nSPS) is 38.5. The third-order valence-electron chi connectivity index (χ3n) is 2.26. The van der Waals surface area contributed by atoms with Crippen LogP contribution in [0.1, 0.15) is 27.2 Å². The first-order valence-electron chi connectivity index (χ1n) is 4.60. The van der Waals surface area contributed by atoms with Crippen molar-refractivity contribution in [2.24, 2.45) is 5.92 Å². The number of aliphatic hydroxyl groups is 1. The smallest absolute Gasteiger partial charge is 0.158 e. The van der Waals surface area contributed by atoms with Gasteiger partial charge in [-0.1, -0.05) is 6.92 Å². The van der Waals surface area contributed by atoms with Crippen molar-refractivity contribution in [2.45, 2.75) is 45.7 Å². The molecule has 0 aromatic rings. The molecule has 0 radical (unpaired) electrons. The third kappa shape index (κ3) is 2.19. The standard InChI is InChI=1S/C9H18O3/c1-4-11-8-5-6(2)9(12-8)7(3)10/h6-10H,4-5H2,1-3H3/t6-,7+,8?,9-/m1/s1. The lowest BCUT2D eigenvalue weighted by molar-refractivity contribution is -0.150. The van der Waals surface area contributed by atoms with Crippen molar-refractivity contribution in [3.63, 3.8) is 0 Å². The van der Waals surface area contributed by atoms with Gasteiger partial charge in [0, 0.05) is 13.0 Å². The van der Waals surface area contributed by atoms with Crippen molar-refractivity contribution in [3.8, 4) is 0 Å². The molecule has 0 spiro atoms. The van der Waals surface area contributed by atoms with E-state index in [-0.39, 0.29) is 12.4 Å². The summed E-state index contributed by atoms with van der Waals surface area (Å²) in [5.41, 5.74) is 0. The van der Waals surface area contributed by atoms with Gasteiger partial charge in [-0.3, -0.25) is 0 Å². The van der Waals surface area contributed by atoms with Crippen molar-refractivity contribution in [3.05, 3.63) is 0 Å². The molecular weight excluding hydrogens is 156 g/mol. The van der Waals surface area contributed by atoms with Gasteiger partial charge in [-0.15, -0.1) is 0 Å². The van der Waals surface area contributed by atoms with Gasteiger partial charge < -0.3 is 14.6 Å². The van der Waals surface area contributed by atoms with Crippen LogP contribution in [0, 0.1) is 5.92 Å². The minimum atomic E-state index is -0.398. The van der Waals surface area contributed by atoms with Crippen LogP contribution in [0.3, 0.4) is 0 Å². The molecule has 12 heavy (non-hydrogen) atoms. The molecule has 3 heteroatoms. The first-order valence-corrected chi connectivity index (χ1v) is 4.60. The fourth-order valence-electron chi connectivity index (χ4n) is 1.69. The Bertz CT molecular complexity index is 136. The fourth-order valence-corrected chi connectivity index (χ4v) is 1.69. The highest BCUT2D eigenvalue weighted by Gasteiger charge is 2.35. The molecule has 1 heterocycles. The molecule has 0 aromatic heterocycles. The number of rotatable bonds is 3. The van der Waals surface area contributed by atoms with Crippen LogP contribution >= 0.6 is 0 Å². The van der Waals surface area contributed by atoms with Gasteiger partial charge in [0.25, 0.3) is 0 Å². The average molecular weight is 174 g/mol. The Balaban J connectivity index is 2.39. The Hall–Kier alpha value is -0.120. The highest BCUT2D eigenvalue weighted by Crippen LogP contribution is 2.28. The van der Waals surface area contributed by atoms with E-state index in [0.29, 0.717) is 12.5 Å². The molecule has 1 N–H and O–H groups in total. The van der Waals surface area contributed by atoms with Crippen LogP contribution in [0.25, 0.3) is 0 Å². The maximum Gasteiger partial charge on any atom is 0.158 e. The van der Waals surface area contributed by atoms with Crippen LogP contribution in [-0.4, -0.2) is 30.2 Å². The van der Waals surface area contributed by atoms with Gasteiger partial charge in [0.15, 0.2) is 6.29 Å². The Morgan fingerprint density at radius 3 is 2.75 bits per heavy atom. The van der Waals surface area contributed by atoms with Crippen LogP contribution < -0.4 is 0 Å². The number of hydrogen-bond donors (Lipinski definition) is 1. The van der Waals surface area contributed by atoms with Crippen LogP contribution in [-0.2, 0) is 9.47 Å². The van der Waals surface area contributed by atoms with Crippen LogP contribution in [0.2, 0.25) is 0 Å². The monoisotopic (exact) mass is 174 g/mol. The summed E-state index contributed by atoms with van der Waals surface area (Å²) in [7, 11) is 0. The summed E-state index contributed by atoms with van der Waals surface area (Å²) in [5, 5.41) is 9.33. The summed E-state index contributed by atoms with van der Waals surface area (Å²) < 4.78 is 10.8. The zero-order valence-electron chi connectivity index (χ0n) is 7.99. The van der Waals surface area contributed by atoms with Gasteiger partial charge in [-0.05, 0) is 19.8 Å². The minimum Gasteiger partial charge on any atom is -0.391 e. The molecule has 0 aromatic carbocycles. The van der Waals surface area contributed by atoms with Crippen molar-refractivity contribution in [2.75, 3.05) is 6.61 Å². The Morgan fingerprint density at radius 2 is 2.33 bits per heavy atom. The van der Waals surface area contributed by atoms with E-state index in [1.807, 2.05) is 6.92 Å². The van der Waals surface area contributed by atoms with Crippen molar-refractivity contribution in [1.82, 2.24) is 0 Å². The fraction of sp³-hybridized carbons (Fsp3) is 1.00. The number of hydrogen-bond acceptors (Lipinski definition) is 3. The van der Waals surface area contributed by atoms with E-state index in [2.05, 4.69) is 6.92 Å². The van der Waals surface area contributed by atoms with Crippen molar-refractivity contribution >= 4 is 0 Å². The zero-order valence-corrected chi connectivity index (χ0v) is 7.99. The first kappa shape index (κ1) is 9.96. The maximum absolute atomic E-state index is 9.33. The highest BCUT2D eigenvalue weighted by atomic mass is 16.7. The summed E-state index contributed by atoms with van der Waals surface area (Å²) in [6.07, 6.45) is 0.334. The molecule has 0 aliphatic carbocycles. The summed E-state index contributed by atoms with van der Waals surface area (Å²) >= 11 is 0. The molecule has 1 rings (SSSR count). The van der Waals surface area contributed by atoms with E-state index < -0.39 is 6.10 Å². The molecule has 1 saturated heterocycles. The third-order valence-corrected chi connectivity index (χ3v) is 2.26. The highest BCUT2D eigenvalue weighted by molar-refractivity contribution is 4.79. The summed E-state index contributed by atoms with van der Waals surface area (Å²) in [4.78, 5) is 0. The van der Waals surface area contributed by atoms with Crippen LogP contribution in [0.4, 0.5) is 0 Å². The zero-order chi connectivity index (χ0) is 9.14. The topological polar surface area (TPSA) is 38.7 Å². The summed E-state index contributed by atoms with van der Waals surface area (Å²) in [6, 6.07) is 0. The Morgan fingerprint density at radius 1 is 1.67 bits per heavy atom. The van der Waals surface area contributed by atoms with E-state index >= 15 is 0 Å². The number of aliphatic hydroxyl groups excluding tert-OH is 1. The SMILES string of the molecule is CCOC1C[C@@H](C)[C@H]([C@H](C)O)O1. The second-order valence-electron chi connectivity index (χ2n) is 3.44. The quantitative estimate of drug-likeness (QED) is 0.697. The Kier molecular flexibility index (Phi) is 3.50. The van der Waals surface area contributed by atoms with Gasteiger partial charge in [-0.2, -0.15) is 0 Å². The van der Waals surface area contributed by atoms with Crippen LogP contribution in [0.15, 0.2) is 0 Å². The minimum absolute atomic E-state index is 0.0541. The predicted molar refractivity (Wildman–Crippen MR) is 45.7 cm³/mol. The molecule has 1 aliphatic rings. The summed E-state index contributed by atoms with van der Waals surface area (Å²) in [5.74, 6) is 0.390. The van der Waals surface area contributed by atoms with Gasteiger partial charge in [-0.25, -0.2) is 0 Å². The van der Waals surface area contributed by atoms with Crippen molar-refractivity contribution in [1.29, 1.82) is 0 Å². The number of ether oxygens (including phenoxy) is 2. The van der Waals surface area contributed by atoms with Gasteiger partial charge >= 0.3 is 0 Å². The molecule has 4 atom stereocenters. The Labute approximate surface area is 73.7 Å². The van der Waals surface area contributed by atoms with E-state index in [4.69, 9.17) is 9.47 Å². The largest absolute Gasteiger partial charge is 0.391 e. The second-order valence-corrected chi connectivity index (χ2v) is 3.44. The lowest BCUT2D eigenvalue weighted by atomic mass is 10.0. The molecule has 0 amide bonds. The lowest BCUT2D eigenvalue weighted by Crippen LogP contribution is -2.27. The van der Waals surface area contributed by atoms with Gasteiger partial charge in [0.2, 0.25) is 0 Å². The maximum atomic E-state index is 9.33. The lowest BCUT2D eigenvalue weighted by Gasteiger charge is -2.17. The van der Waals surface area contributed by atoms with Crippen molar-refractivity contribution < 1.29 is 14.6 Å². The van der Waals surface area contributed by atoms with Crippen LogP contribution in [0.5, 0.6) is 0 Å². The van der Waals surface area contributed by atoms with E-state index in [1.54, 1.807) is 6.92 Å². The van der Waals surface area contributed by atoms with E-state index in [9.17, 15) is 5.11 Å². The van der Waals surface area contributed by atoms with E-state index in [0.717, 1.165) is 6.42 Å². The molecule has 1 unspecified atom stereocenters. The van der Waals surface area contributed by atoms with Gasteiger partial charge in [0.1, 0.15) is 0 Å². The molecular formula is C9H18O3. The molecule has 0 bridgehead atoms. The predicted octanol–water partition coefficient (Wildman–Crippen LogP) is 1.15. The molecule has 1 fully saturated rings. The average Bonchev–Trinajstić information content (AvgIpc) is 2.32. The second kappa shape index (κ2) is 4.21.